The van der Waals surface area contributed by atoms with Crippen molar-refractivity contribution in [1.82, 2.24) is 9.97 Å². The maximum atomic E-state index is 13.2. The number of fused-ring (bicyclic) bond motifs is 1. The van der Waals surface area contributed by atoms with Crippen molar-refractivity contribution in [3.8, 4) is 0 Å². The molecular formula is C15H14F2N2S. The summed E-state index contributed by atoms with van der Waals surface area (Å²) in [5.74, 6) is -0.478. The Morgan fingerprint density at radius 1 is 1.10 bits per heavy atom. The van der Waals surface area contributed by atoms with Crippen LogP contribution in [0.2, 0.25) is 0 Å². The van der Waals surface area contributed by atoms with Gasteiger partial charge in [-0.3, -0.25) is 0 Å². The lowest BCUT2D eigenvalue weighted by atomic mass is 9.97. The molecule has 104 valence electrons. The number of nitrogens with one attached hydrogen (secondary N) is 1. The molecular weight excluding hydrogens is 278 g/mol. The summed E-state index contributed by atoms with van der Waals surface area (Å²) in [5, 5.41) is 0. The number of benzene rings is 1. The molecule has 1 aromatic carbocycles. The molecule has 0 unspecified atom stereocenters. The lowest BCUT2D eigenvalue weighted by Gasteiger charge is -2.16. The average molecular weight is 292 g/mol. The second-order valence-electron chi connectivity index (χ2n) is 5.11. The van der Waals surface area contributed by atoms with Crippen LogP contribution in [0.25, 0.3) is 0 Å². The molecule has 3 rings (SSSR count). The summed E-state index contributed by atoms with van der Waals surface area (Å²) in [5.41, 5.74) is 2.81. The van der Waals surface area contributed by atoms with Crippen LogP contribution >= 0.6 is 12.2 Å². The number of hydrogen-bond acceptors (Lipinski definition) is 2. The van der Waals surface area contributed by atoms with Crippen LogP contribution in [0.4, 0.5) is 8.78 Å². The molecule has 1 heterocycles. The van der Waals surface area contributed by atoms with Crippen LogP contribution in [-0.4, -0.2) is 9.97 Å². The molecule has 0 radical (unpaired) electrons. The first kappa shape index (κ1) is 13.4. The Bertz CT molecular complexity index is 689. The SMILES string of the molecule is Fc1cc(F)cc(Cc2nc(=S)c3c([nH]2)CCCC3)c1. The third kappa shape index (κ3) is 2.77. The van der Waals surface area contributed by atoms with Crippen molar-refractivity contribution in [1.29, 1.82) is 0 Å². The van der Waals surface area contributed by atoms with Crippen LogP contribution in [-0.2, 0) is 19.3 Å². The van der Waals surface area contributed by atoms with Crippen molar-refractivity contribution in [3.05, 3.63) is 57.1 Å². The summed E-state index contributed by atoms with van der Waals surface area (Å²) in [7, 11) is 0. The number of aromatic nitrogens is 2. The Balaban J connectivity index is 1.95. The molecule has 0 amide bonds. The highest BCUT2D eigenvalue weighted by molar-refractivity contribution is 7.71. The smallest absolute Gasteiger partial charge is 0.133 e. The molecule has 0 bridgehead atoms. The number of rotatable bonds is 2. The van der Waals surface area contributed by atoms with Gasteiger partial charge in [-0.2, -0.15) is 0 Å². The number of H-pyrrole nitrogens is 1. The fraction of sp³-hybridized carbons (Fsp3) is 0.333. The molecule has 0 saturated carbocycles. The number of aryl methyl sites for hydroxylation is 1. The van der Waals surface area contributed by atoms with Crippen molar-refractivity contribution >= 4 is 12.2 Å². The number of aromatic amines is 1. The maximum Gasteiger partial charge on any atom is 0.133 e. The van der Waals surface area contributed by atoms with Gasteiger partial charge in [0.2, 0.25) is 0 Å². The minimum absolute atomic E-state index is 0.353. The van der Waals surface area contributed by atoms with Crippen LogP contribution in [0.5, 0.6) is 0 Å². The first-order valence-corrected chi connectivity index (χ1v) is 7.08. The van der Waals surface area contributed by atoms with Gasteiger partial charge in [0.25, 0.3) is 0 Å². The lowest BCUT2D eigenvalue weighted by molar-refractivity contribution is 0.580. The van der Waals surface area contributed by atoms with E-state index in [-0.39, 0.29) is 0 Å². The highest BCUT2D eigenvalue weighted by atomic mass is 32.1. The summed E-state index contributed by atoms with van der Waals surface area (Å²) in [6.45, 7) is 0. The molecule has 1 aliphatic rings. The van der Waals surface area contributed by atoms with Crippen molar-refractivity contribution in [2.75, 3.05) is 0 Å². The normalized spacial score (nSPS) is 14.1. The van der Waals surface area contributed by atoms with E-state index in [2.05, 4.69) is 9.97 Å². The van der Waals surface area contributed by atoms with Gasteiger partial charge >= 0.3 is 0 Å². The van der Waals surface area contributed by atoms with Gasteiger partial charge in [0.05, 0.1) is 0 Å². The largest absolute Gasteiger partial charge is 0.347 e. The van der Waals surface area contributed by atoms with E-state index in [0.717, 1.165) is 43.0 Å². The van der Waals surface area contributed by atoms with Gasteiger partial charge in [0.15, 0.2) is 0 Å². The summed E-state index contributed by atoms with van der Waals surface area (Å²) in [4.78, 5) is 7.63. The van der Waals surface area contributed by atoms with E-state index in [9.17, 15) is 8.78 Å². The first-order valence-electron chi connectivity index (χ1n) is 6.68. The third-order valence-corrected chi connectivity index (χ3v) is 3.89. The first-order chi connectivity index (χ1) is 9.61. The van der Waals surface area contributed by atoms with Gasteiger partial charge in [0.1, 0.15) is 22.1 Å². The molecule has 2 nitrogen and oxygen atoms in total. The van der Waals surface area contributed by atoms with Crippen molar-refractivity contribution in [2.45, 2.75) is 32.1 Å². The van der Waals surface area contributed by atoms with E-state index in [1.165, 1.54) is 12.1 Å². The van der Waals surface area contributed by atoms with Gasteiger partial charge in [0, 0.05) is 23.7 Å². The Kier molecular flexibility index (Phi) is 3.61. The minimum Gasteiger partial charge on any atom is -0.347 e. The van der Waals surface area contributed by atoms with Crippen LogP contribution in [0.15, 0.2) is 18.2 Å². The predicted molar refractivity (Wildman–Crippen MR) is 75.2 cm³/mol. The lowest BCUT2D eigenvalue weighted by Crippen LogP contribution is -2.10. The number of halogens is 2. The summed E-state index contributed by atoms with van der Waals surface area (Å²) in [6, 6.07) is 3.51. The summed E-state index contributed by atoms with van der Waals surface area (Å²) >= 11 is 5.31. The molecule has 0 fully saturated rings. The van der Waals surface area contributed by atoms with E-state index in [1.54, 1.807) is 0 Å². The van der Waals surface area contributed by atoms with E-state index in [0.29, 0.717) is 22.4 Å². The number of hydrogen-bond donors (Lipinski definition) is 1. The highest BCUT2D eigenvalue weighted by Crippen LogP contribution is 2.21. The Hall–Kier alpha value is -1.62. The summed E-state index contributed by atoms with van der Waals surface area (Å²) < 4.78 is 27.0. The Labute approximate surface area is 120 Å². The second kappa shape index (κ2) is 5.40. The van der Waals surface area contributed by atoms with E-state index in [1.807, 2.05) is 0 Å². The molecule has 0 spiro atoms. The van der Waals surface area contributed by atoms with Crippen LogP contribution in [0.3, 0.4) is 0 Å². The van der Waals surface area contributed by atoms with Crippen LogP contribution in [0, 0.1) is 16.3 Å². The summed E-state index contributed by atoms with van der Waals surface area (Å²) in [6.07, 6.45) is 4.56. The van der Waals surface area contributed by atoms with Crippen molar-refractivity contribution < 1.29 is 8.78 Å². The topological polar surface area (TPSA) is 28.7 Å². The molecule has 1 aromatic heterocycles. The zero-order chi connectivity index (χ0) is 14.1. The van der Waals surface area contributed by atoms with E-state index in [4.69, 9.17) is 12.2 Å². The van der Waals surface area contributed by atoms with Gasteiger partial charge in [-0.15, -0.1) is 0 Å². The average Bonchev–Trinajstić information content (AvgIpc) is 2.37. The molecule has 5 heteroatoms. The monoisotopic (exact) mass is 292 g/mol. The van der Waals surface area contributed by atoms with Crippen LogP contribution in [0.1, 0.15) is 35.5 Å². The Morgan fingerprint density at radius 2 is 1.80 bits per heavy atom. The maximum absolute atomic E-state index is 13.2. The van der Waals surface area contributed by atoms with Crippen LogP contribution < -0.4 is 0 Å². The second-order valence-corrected chi connectivity index (χ2v) is 5.49. The highest BCUT2D eigenvalue weighted by Gasteiger charge is 2.13. The molecule has 1 aliphatic carbocycles. The molecule has 2 aromatic rings. The molecule has 0 aliphatic heterocycles. The van der Waals surface area contributed by atoms with Gasteiger partial charge < -0.3 is 4.98 Å². The standard InChI is InChI=1S/C15H14F2N2S/c16-10-5-9(6-11(17)8-10)7-14-18-13-4-2-1-3-12(13)15(20)19-14/h5-6,8H,1-4,7H2,(H,18,19,20). The molecule has 20 heavy (non-hydrogen) atoms. The van der Waals surface area contributed by atoms with Crippen molar-refractivity contribution in [3.63, 3.8) is 0 Å². The molecule has 0 atom stereocenters. The minimum atomic E-state index is -0.573. The fourth-order valence-electron chi connectivity index (χ4n) is 2.66. The Morgan fingerprint density at radius 3 is 2.55 bits per heavy atom. The zero-order valence-corrected chi connectivity index (χ0v) is 11.7. The van der Waals surface area contributed by atoms with Gasteiger partial charge in [-0.1, -0.05) is 12.2 Å². The molecule has 1 N–H and O–H groups in total. The predicted octanol–water partition coefficient (Wildman–Crippen LogP) is 3.89. The molecule has 0 saturated heterocycles. The van der Waals surface area contributed by atoms with E-state index < -0.39 is 11.6 Å². The third-order valence-electron chi connectivity index (χ3n) is 3.55. The number of nitrogens with zero attached hydrogens (tertiary/aromatic N) is 1. The van der Waals surface area contributed by atoms with Gasteiger partial charge in [-0.05, 0) is 43.4 Å². The quantitative estimate of drug-likeness (QED) is 0.851. The zero-order valence-electron chi connectivity index (χ0n) is 10.9. The van der Waals surface area contributed by atoms with Crippen molar-refractivity contribution in [2.24, 2.45) is 0 Å². The van der Waals surface area contributed by atoms with Gasteiger partial charge in [-0.25, -0.2) is 13.8 Å². The van der Waals surface area contributed by atoms with E-state index >= 15 is 0 Å². The fourth-order valence-corrected chi connectivity index (χ4v) is 3.00.